The van der Waals surface area contributed by atoms with Gasteiger partial charge in [-0.2, -0.15) is 0 Å². The number of aromatic nitrogens is 1. The van der Waals surface area contributed by atoms with E-state index in [4.69, 9.17) is 21.4 Å². The summed E-state index contributed by atoms with van der Waals surface area (Å²) in [4.78, 5) is 26.9. The number of amides is 1. The van der Waals surface area contributed by atoms with Gasteiger partial charge in [0.1, 0.15) is 34.7 Å². The summed E-state index contributed by atoms with van der Waals surface area (Å²) in [6, 6.07) is 10.7. The fourth-order valence-electron chi connectivity index (χ4n) is 2.55. The number of hydrogen-bond acceptors (Lipinski definition) is 4. The first-order valence-electron chi connectivity index (χ1n) is 7.88. The Balaban J connectivity index is 1.94. The van der Waals surface area contributed by atoms with E-state index in [0.29, 0.717) is 27.8 Å². The molecular weight excluding hydrogens is 375 g/mol. The number of halogens is 2. The van der Waals surface area contributed by atoms with Crippen LogP contribution in [-0.2, 0) is 4.79 Å². The third kappa shape index (κ3) is 4.15. The largest absolute Gasteiger partial charge is 0.480 e. The molecule has 1 amide bonds. The maximum atomic E-state index is 13.0. The van der Waals surface area contributed by atoms with Gasteiger partial charge in [-0.25, -0.2) is 9.37 Å². The fraction of sp³-hybridized carbons (Fsp3) is 0.105. The van der Waals surface area contributed by atoms with Crippen molar-refractivity contribution in [2.24, 2.45) is 0 Å². The molecule has 1 heterocycles. The lowest BCUT2D eigenvalue weighted by atomic mass is 10.0. The Morgan fingerprint density at radius 1 is 1.15 bits per heavy atom. The molecule has 0 saturated carbocycles. The average Bonchev–Trinajstić information content (AvgIpc) is 2.64. The van der Waals surface area contributed by atoms with Gasteiger partial charge in [0.15, 0.2) is 0 Å². The Morgan fingerprint density at radius 3 is 2.48 bits per heavy atom. The van der Waals surface area contributed by atoms with Gasteiger partial charge in [-0.15, -0.1) is 0 Å². The topological polar surface area (TPSA) is 88.5 Å². The first-order chi connectivity index (χ1) is 12.8. The normalized spacial score (nSPS) is 10.6. The zero-order chi connectivity index (χ0) is 19.6. The van der Waals surface area contributed by atoms with Gasteiger partial charge < -0.3 is 15.2 Å². The molecule has 0 atom stereocenters. The average molecular weight is 389 g/mol. The van der Waals surface area contributed by atoms with E-state index in [-0.39, 0.29) is 16.7 Å². The number of carboxylic acid groups (broad SMARTS) is 1. The van der Waals surface area contributed by atoms with Crippen molar-refractivity contribution in [3.05, 3.63) is 64.7 Å². The van der Waals surface area contributed by atoms with Gasteiger partial charge in [-0.3, -0.25) is 9.59 Å². The van der Waals surface area contributed by atoms with E-state index in [0.717, 1.165) is 0 Å². The summed E-state index contributed by atoms with van der Waals surface area (Å²) in [5, 5.41) is 12.3. The highest BCUT2D eigenvalue weighted by Crippen LogP contribution is 2.32. The van der Waals surface area contributed by atoms with Crippen molar-refractivity contribution >= 4 is 34.2 Å². The van der Waals surface area contributed by atoms with Gasteiger partial charge in [0, 0.05) is 5.39 Å². The molecule has 1 aromatic heterocycles. The molecule has 27 heavy (non-hydrogen) atoms. The SMILES string of the molecule is Cc1c(C(=O)NCC(=O)O)nc(Cl)c2cc(Oc3ccc(F)cc3)ccc12. The van der Waals surface area contributed by atoms with Crippen molar-refractivity contribution in [2.45, 2.75) is 6.92 Å². The maximum Gasteiger partial charge on any atom is 0.322 e. The minimum atomic E-state index is -1.16. The summed E-state index contributed by atoms with van der Waals surface area (Å²) < 4.78 is 18.7. The van der Waals surface area contributed by atoms with Crippen molar-refractivity contribution < 1.29 is 23.8 Å². The minimum absolute atomic E-state index is 0.0564. The first-order valence-corrected chi connectivity index (χ1v) is 8.26. The second-order valence-corrected chi connectivity index (χ2v) is 6.07. The number of aliphatic carboxylic acids is 1. The van der Waals surface area contributed by atoms with Crippen molar-refractivity contribution in [1.29, 1.82) is 0 Å². The number of nitrogens with zero attached hydrogens (tertiary/aromatic N) is 1. The van der Waals surface area contributed by atoms with Gasteiger partial charge in [-0.05, 0) is 54.3 Å². The molecule has 6 nitrogen and oxygen atoms in total. The van der Waals surface area contributed by atoms with Gasteiger partial charge >= 0.3 is 5.97 Å². The number of benzene rings is 2. The van der Waals surface area contributed by atoms with E-state index in [1.54, 1.807) is 25.1 Å². The first kappa shape index (κ1) is 18.6. The predicted molar refractivity (Wildman–Crippen MR) is 97.9 cm³/mol. The molecule has 0 spiro atoms. The number of carboxylic acids is 1. The maximum absolute atomic E-state index is 13.0. The van der Waals surface area contributed by atoms with Crippen LogP contribution in [0.3, 0.4) is 0 Å². The molecule has 2 N–H and O–H groups in total. The number of ether oxygens (including phenoxy) is 1. The molecule has 3 aromatic rings. The van der Waals surface area contributed by atoms with Crippen LogP contribution in [0.1, 0.15) is 16.1 Å². The van der Waals surface area contributed by atoms with E-state index in [1.807, 2.05) is 0 Å². The van der Waals surface area contributed by atoms with Crippen molar-refractivity contribution in [2.75, 3.05) is 6.54 Å². The summed E-state index contributed by atoms with van der Waals surface area (Å²) >= 11 is 6.22. The highest BCUT2D eigenvalue weighted by Gasteiger charge is 2.17. The molecular formula is C19H14ClFN2O4. The van der Waals surface area contributed by atoms with E-state index in [9.17, 15) is 14.0 Å². The third-order valence-corrected chi connectivity index (χ3v) is 4.14. The number of carbonyl (C=O) groups excluding carboxylic acids is 1. The molecule has 0 aliphatic rings. The van der Waals surface area contributed by atoms with Gasteiger partial charge in [0.2, 0.25) is 0 Å². The Bertz CT molecular complexity index is 1040. The van der Waals surface area contributed by atoms with Crippen molar-refractivity contribution in [1.82, 2.24) is 10.3 Å². The van der Waals surface area contributed by atoms with E-state index < -0.39 is 18.4 Å². The predicted octanol–water partition coefficient (Wildman–Crippen LogP) is 3.94. The van der Waals surface area contributed by atoms with Crippen LogP contribution in [0.4, 0.5) is 4.39 Å². The molecule has 0 radical (unpaired) electrons. The lowest BCUT2D eigenvalue weighted by Gasteiger charge is -2.12. The second-order valence-electron chi connectivity index (χ2n) is 5.72. The fourth-order valence-corrected chi connectivity index (χ4v) is 2.79. The molecule has 138 valence electrons. The zero-order valence-electron chi connectivity index (χ0n) is 14.1. The summed E-state index contributed by atoms with van der Waals surface area (Å²) in [5.41, 5.74) is 0.617. The standard InChI is InChI=1S/C19H14ClFN2O4/c1-10-14-7-6-13(27-12-4-2-11(21)3-5-12)8-15(14)18(20)23-17(10)19(26)22-9-16(24)25/h2-8H,9H2,1H3,(H,22,26)(H,24,25). The number of fused-ring (bicyclic) bond motifs is 1. The highest BCUT2D eigenvalue weighted by atomic mass is 35.5. The lowest BCUT2D eigenvalue weighted by molar-refractivity contribution is -0.135. The lowest BCUT2D eigenvalue weighted by Crippen LogP contribution is -2.30. The number of nitrogens with one attached hydrogen (secondary N) is 1. The number of hydrogen-bond donors (Lipinski definition) is 2. The van der Waals surface area contributed by atoms with Crippen LogP contribution in [0.25, 0.3) is 10.8 Å². The Hall–Kier alpha value is -3.19. The molecule has 3 rings (SSSR count). The minimum Gasteiger partial charge on any atom is -0.480 e. The number of pyridine rings is 1. The quantitative estimate of drug-likeness (QED) is 0.646. The Labute approximate surface area is 158 Å². The molecule has 2 aromatic carbocycles. The second kappa shape index (κ2) is 7.59. The summed E-state index contributed by atoms with van der Waals surface area (Å²) in [6.07, 6.45) is 0. The number of aryl methyl sites for hydroxylation is 1. The molecule has 0 bridgehead atoms. The third-order valence-electron chi connectivity index (χ3n) is 3.85. The van der Waals surface area contributed by atoms with Crippen LogP contribution < -0.4 is 10.1 Å². The monoisotopic (exact) mass is 388 g/mol. The molecule has 0 saturated heterocycles. The smallest absolute Gasteiger partial charge is 0.322 e. The molecule has 0 aliphatic carbocycles. The van der Waals surface area contributed by atoms with Gasteiger partial charge in [0.05, 0.1) is 0 Å². The van der Waals surface area contributed by atoms with Gasteiger partial charge in [-0.1, -0.05) is 17.7 Å². The van der Waals surface area contributed by atoms with Crippen LogP contribution in [0.5, 0.6) is 11.5 Å². The van der Waals surface area contributed by atoms with Crippen LogP contribution in [0.15, 0.2) is 42.5 Å². The number of rotatable bonds is 5. The van der Waals surface area contributed by atoms with Crippen LogP contribution >= 0.6 is 11.6 Å². The van der Waals surface area contributed by atoms with Crippen LogP contribution in [0.2, 0.25) is 5.15 Å². The molecule has 0 fully saturated rings. The highest BCUT2D eigenvalue weighted by molar-refractivity contribution is 6.34. The van der Waals surface area contributed by atoms with Crippen LogP contribution in [0, 0.1) is 12.7 Å². The Morgan fingerprint density at radius 2 is 1.81 bits per heavy atom. The van der Waals surface area contributed by atoms with Gasteiger partial charge in [0.25, 0.3) is 5.91 Å². The van der Waals surface area contributed by atoms with Crippen molar-refractivity contribution in [3.63, 3.8) is 0 Å². The summed E-state index contributed by atoms with van der Waals surface area (Å²) in [5.74, 6) is -1.21. The van der Waals surface area contributed by atoms with E-state index in [1.165, 1.54) is 24.3 Å². The van der Waals surface area contributed by atoms with E-state index >= 15 is 0 Å². The van der Waals surface area contributed by atoms with Crippen LogP contribution in [-0.4, -0.2) is 28.5 Å². The molecule has 0 aliphatic heterocycles. The Kier molecular flexibility index (Phi) is 5.23. The molecule has 8 heteroatoms. The van der Waals surface area contributed by atoms with Crippen molar-refractivity contribution in [3.8, 4) is 11.5 Å². The summed E-state index contributed by atoms with van der Waals surface area (Å²) in [7, 11) is 0. The van der Waals surface area contributed by atoms with E-state index in [2.05, 4.69) is 10.3 Å². The zero-order valence-corrected chi connectivity index (χ0v) is 14.9. The number of carbonyl (C=O) groups is 2. The summed E-state index contributed by atoms with van der Waals surface area (Å²) in [6.45, 7) is 1.18. The molecule has 0 unspecified atom stereocenters.